The van der Waals surface area contributed by atoms with Gasteiger partial charge in [0.15, 0.2) is 0 Å². The van der Waals surface area contributed by atoms with Gasteiger partial charge in [-0.3, -0.25) is 10.4 Å². The first-order valence-electron chi connectivity index (χ1n) is 8.91. The van der Waals surface area contributed by atoms with Crippen molar-refractivity contribution in [3.05, 3.63) is 35.2 Å². The summed E-state index contributed by atoms with van der Waals surface area (Å²) in [5, 5.41) is 8.29. The Balaban J connectivity index is 1.97. The third kappa shape index (κ3) is 5.46. The Morgan fingerprint density at radius 2 is 1.92 bits per heavy atom. The molecule has 5 N–H and O–H groups in total. The SMILES string of the molecule is CN=C(C=C(N)C(=N)/C(C)=C(N)/C=C\COC1(C)CC1)N1CCCC1. The minimum atomic E-state index is 0.0587. The number of nitrogens with one attached hydrogen (secondary N) is 1. The van der Waals surface area contributed by atoms with Gasteiger partial charge < -0.3 is 21.1 Å². The fourth-order valence-electron chi connectivity index (χ4n) is 2.69. The van der Waals surface area contributed by atoms with Gasteiger partial charge in [-0.2, -0.15) is 0 Å². The molecular formula is C19H31N5O. The number of ether oxygens (including phenoxy) is 1. The number of hydrogen-bond donors (Lipinski definition) is 3. The second-order valence-electron chi connectivity index (χ2n) is 6.99. The molecule has 6 nitrogen and oxygen atoms in total. The molecule has 25 heavy (non-hydrogen) atoms. The number of likely N-dealkylation sites (tertiary alicyclic amines) is 1. The Morgan fingerprint density at radius 3 is 2.48 bits per heavy atom. The smallest absolute Gasteiger partial charge is 0.125 e. The van der Waals surface area contributed by atoms with Crippen LogP contribution in [0.1, 0.15) is 39.5 Å². The highest BCUT2D eigenvalue weighted by Gasteiger charge is 2.37. The molecule has 0 unspecified atom stereocenters. The van der Waals surface area contributed by atoms with Gasteiger partial charge in [0.2, 0.25) is 0 Å². The number of rotatable bonds is 7. The van der Waals surface area contributed by atoms with Gasteiger partial charge in [0.25, 0.3) is 0 Å². The zero-order chi connectivity index (χ0) is 18.4. The van der Waals surface area contributed by atoms with Crippen LogP contribution in [0.15, 0.2) is 40.2 Å². The fourth-order valence-corrected chi connectivity index (χ4v) is 2.69. The predicted octanol–water partition coefficient (Wildman–Crippen LogP) is 2.33. The zero-order valence-corrected chi connectivity index (χ0v) is 15.6. The second-order valence-corrected chi connectivity index (χ2v) is 6.99. The molecule has 6 heteroatoms. The third-order valence-corrected chi connectivity index (χ3v) is 4.82. The number of hydrogen-bond acceptors (Lipinski definition) is 5. The lowest BCUT2D eigenvalue weighted by Gasteiger charge is -2.18. The van der Waals surface area contributed by atoms with Crippen molar-refractivity contribution in [2.75, 3.05) is 26.7 Å². The van der Waals surface area contributed by atoms with Gasteiger partial charge in [-0.25, -0.2) is 0 Å². The van der Waals surface area contributed by atoms with Crippen LogP contribution in [0.5, 0.6) is 0 Å². The van der Waals surface area contributed by atoms with E-state index in [4.69, 9.17) is 21.6 Å². The molecule has 1 saturated carbocycles. The molecule has 2 aliphatic rings. The van der Waals surface area contributed by atoms with Gasteiger partial charge in [0, 0.05) is 31.9 Å². The average Bonchev–Trinajstić information content (AvgIpc) is 3.11. The Hall–Kier alpha value is -2.08. The van der Waals surface area contributed by atoms with Crippen LogP contribution in [0.25, 0.3) is 0 Å². The first-order chi connectivity index (χ1) is 11.9. The van der Waals surface area contributed by atoms with Crippen molar-refractivity contribution >= 4 is 11.5 Å². The van der Waals surface area contributed by atoms with Gasteiger partial charge in [-0.15, -0.1) is 0 Å². The summed E-state index contributed by atoms with van der Waals surface area (Å²) in [5.41, 5.74) is 14.0. The zero-order valence-electron chi connectivity index (χ0n) is 15.6. The summed E-state index contributed by atoms with van der Waals surface area (Å²) in [4.78, 5) is 6.49. The molecule has 0 aromatic heterocycles. The normalized spacial score (nSPS) is 21.6. The summed E-state index contributed by atoms with van der Waals surface area (Å²) in [7, 11) is 1.75. The molecule has 0 amide bonds. The first kappa shape index (κ1) is 19.2. The molecule has 0 atom stereocenters. The molecule has 0 aromatic carbocycles. The van der Waals surface area contributed by atoms with E-state index in [1.54, 1.807) is 19.2 Å². The number of aliphatic imine (C=N–C) groups is 1. The maximum absolute atomic E-state index is 8.29. The third-order valence-electron chi connectivity index (χ3n) is 4.82. The molecule has 0 bridgehead atoms. The highest BCUT2D eigenvalue weighted by atomic mass is 16.5. The molecular weight excluding hydrogens is 314 g/mol. The Morgan fingerprint density at radius 1 is 1.28 bits per heavy atom. The highest BCUT2D eigenvalue weighted by molar-refractivity contribution is 6.13. The molecule has 1 saturated heterocycles. The summed E-state index contributed by atoms with van der Waals surface area (Å²) in [6, 6.07) is 0. The summed E-state index contributed by atoms with van der Waals surface area (Å²) in [5.74, 6) is 0.827. The monoisotopic (exact) mass is 345 g/mol. The van der Waals surface area contributed by atoms with Crippen molar-refractivity contribution in [3.8, 4) is 0 Å². The van der Waals surface area contributed by atoms with E-state index in [-0.39, 0.29) is 11.3 Å². The lowest BCUT2D eigenvalue weighted by Crippen LogP contribution is -2.28. The molecule has 0 spiro atoms. The molecule has 138 valence electrons. The van der Waals surface area contributed by atoms with E-state index >= 15 is 0 Å². The van der Waals surface area contributed by atoms with E-state index in [9.17, 15) is 0 Å². The summed E-state index contributed by atoms with van der Waals surface area (Å²) < 4.78 is 5.73. The van der Waals surface area contributed by atoms with Gasteiger partial charge in [0.1, 0.15) is 5.84 Å². The van der Waals surface area contributed by atoms with E-state index in [1.807, 2.05) is 13.0 Å². The molecule has 0 aromatic rings. The number of nitrogens with two attached hydrogens (primary N) is 2. The highest BCUT2D eigenvalue weighted by Crippen LogP contribution is 2.38. The Labute approximate surface area is 150 Å². The molecule has 0 radical (unpaired) electrons. The van der Waals surface area contributed by atoms with Gasteiger partial charge >= 0.3 is 0 Å². The molecule has 1 aliphatic carbocycles. The topological polar surface area (TPSA) is 101 Å². The maximum atomic E-state index is 8.29. The van der Waals surface area contributed by atoms with E-state index in [0.717, 1.165) is 31.8 Å². The van der Waals surface area contributed by atoms with E-state index < -0.39 is 0 Å². The van der Waals surface area contributed by atoms with E-state index in [0.29, 0.717) is 23.6 Å². The lowest BCUT2D eigenvalue weighted by molar-refractivity contribution is 0.0678. The van der Waals surface area contributed by atoms with Crippen LogP contribution < -0.4 is 11.5 Å². The maximum Gasteiger partial charge on any atom is 0.125 e. The molecule has 1 heterocycles. The Bertz CT molecular complexity index is 620. The Kier molecular flexibility index (Phi) is 6.42. The van der Waals surface area contributed by atoms with Crippen molar-refractivity contribution < 1.29 is 4.74 Å². The van der Waals surface area contributed by atoms with E-state index in [1.165, 1.54) is 12.8 Å². The molecule has 2 rings (SSSR count). The van der Waals surface area contributed by atoms with Crippen LogP contribution in [0.3, 0.4) is 0 Å². The van der Waals surface area contributed by atoms with Crippen LogP contribution in [-0.2, 0) is 4.74 Å². The predicted molar refractivity (Wildman–Crippen MR) is 104 cm³/mol. The van der Waals surface area contributed by atoms with Crippen LogP contribution in [0, 0.1) is 5.41 Å². The molecule has 2 fully saturated rings. The van der Waals surface area contributed by atoms with E-state index in [2.05, 4.69) is 16.8 Å². The second kappa shape index (κ2) is 8.34. The largest absolute Gasteiger partial charge is 0.398 e. The number of amidine groups is 1. The summed E-state index contributed by atoms with van der Waals surface area (Å²) in [6.45, 7) is 6.43. The standard InChI is InChI=1S/C19H31N5O/c1-14(15(20)7-6-12-25-19(2)8-9-19)18(22)16(21)13-17(23-3)24-10-4-5-11-24/h6-7,13,22H,4-5,8-12,20-21H2,1-3H3/b7-6-,15-14-,16-13?,22-18?,23-17?. The van der Waals surface area contributed by atoms with Crippen LogP contribution in [0.4, 0.5) is 0 Å². The average molecular weight is 345 g/mol. The molecule has 1 aliphatic heterocycles. The summed E-state index contributed by atoms with van der Waals surface area (Å²) in [6.07, 6.45) is 10.0. The van der Waals surface area contributed by atoms with Crippen LogP contribution in [0.2, 0.25) is 0 Å². The van der Waals surface area contributed by atoms with Crippen molar-refractivity contribution in [1.29, 1.82) is 5.41 Å². The first-order valence-corrected chi connectivity index (χ1v) is 8.91. The quantitative estimate of drug-likeness (QED) is 0.374. The van der Waals surface area contributed by atoms with Crippen LogP contribution >= 0.6 is 0 Å². The minimum Gasteiger partial charge on any atom is -0.398 e. The van der Waals surface area contributed by atoms with Crippen molar-refractivity contribution in [2.45, 2.75) is 45.1 Å². The summed E-state index contributed by atoms with van der Waals surface area (Å²) >= 11 is 0. The van der Waals surface area contributed by atoms with Gasteiger partial charge in [0.05, 0.1) is 23.6 Å². The van der Waals surface area contributed by atoms with Crippen molar-refractivity contribution in [3.63, 3.8) is 0 Å². The minimum absolute atomic E-state index is 0.0587. The van der Waals surface area contributed by atoms with Crippen LogP contribution in [-0.4, -0.2) is 48.8 Å². The lowest BCUT2D eigenvalue weighted by atomic mass is 10.1. The number of allylic oxidation sites excluding steroid dienone is 2. The van der Waals surface area contributed by atoms with Gasteiger partial charge in [-0.1, -0.05) is 6.08 Å². The van der Waals surface area contributed by atoms with Gasteiger partial charge in [-0.05, 0) is 51.2 Å². The van der Waals surface area contributed by atoms with Crippen molar-refractivity contribution in [2.24, 2.45) is 16.5 Å². The number of nitrogens with zero attached hydrogens (tertiary/aromatic N) is 2. The van der Waals surface area contributed by atoms with Crippen molar-refractivity contribution in [1.82, 2.24) is 4.90 Å². The fraction of sp³-hybridized carbons (Fsp3) is 0.579.